The molecule has 0 aliphatic heterocycles. The molecule has 2 aromatic heterocycles. The molecule has 0 saturated heterocycles. The third-order valence-electron chi connectivity index (χ3n) is 4.87. The fourth-order valence-electron chi connectivity index (χ4n) is 3.31. The Labute approximate surface area is 208 Å². The SMILES string of the molecule is CC(C)NC(=O)c1csc(CSc2nnc(Cc3ccccc3)n2-c2cccc(C(F)(F)F)c2)n1. The van der Waals surface area contributed by atoms with Crippen LogP contribution in [0.4, 0.5) is 13.2 Å². The first-order chi connectivity index (χ1) is 16.7. The van der Waals surface area contributed by atoms with E-state index >= 15 is 0 Å². The zero-order valence-corrected chi connectivity index (χ0v) is 20.5. The second kappa shape index (κ2) is 10.6. The van der Waals surface area contributed by atoms with E-state index in [1.807, 2.05) is 44.2 Å². The van der Waals surface area contributed by atoms with E-state index in [4.69, 9.17) is 0 Å². The Morgan fingerprint density at radius 2 is 1.89 bits per heavy atom. The average molecular weight is 518 g/mol. The number of hydrogen-bond acceptors (Lipinski definition) is 6. The Hall–Kier alpha value is -3.18. The Bertz CT molecular complexity index is 1300. The van der Waals surface area contributed by atoms with Crippen LogP contribution >= 0.6 is 23.1 Å². The number of hydrogen-bond donors (Lipinski definition) is 1. The van der Waals surface area contributed by atoms with Gasteiger partial charge < -0.3 is 5.32 Å². The lowest BCUT2D eigenvalue weighted by Crippen LogP contribution is -2.30. The molecular weight excluding hydrogens is 495 g/mol. The van der Waals surface area contributed by atoms with E-state index in [1.54, 1.807) is 16.0 Å². The van der Waals surface area contributed by atoms with Gasteiger partial charge in [0, 0.05) is 17.8 Å². The Kier molecular flexibility index (Phi) is 7.56. The molecule has 0 aliphatic rings. The number of nitrogens with zero attached hydrogens (tertiary/aromatic N) is 4. The molecule has 0 bridgehead atoms. The van der Waals surface area contributed by atoms with Crippen LogP contribution in [-0.4, -0.2) is 31.7 Å². The number of thioether (sulfide) groups is 1. The summed E-state index contributed by atoms with van der Waals surface area (Å²) in [5.74, 6) is 0.668. The molecule has 1 amide bonds. The van der Waals surface area contributed by atoms with Gasteiger partial charge in [0.1, 0.15) is 16.5 Å². The standard InChI is InChI=1S/C24H22F3N5OS2/c1-15(2)28-22(33)19-13-34-21(29-19)14-35-23-31-30-20(11-16-7-4-3-5-8-16)32(23)18-10-6-9-17(12-18)24(25,26)27/h3-10,12-13,15H,11,14H2,1-2H3,(H,28,33). The predicted octanol–water partition coefficient (Wildman–Crippen LogP) is 5.76. The van der Waals surface area contributed by atoms with E-state index in [1.165, 1.54) is 29.2 Å². The highest BCUT2D eigenvalue weighted by Gasteiger charge is 2.31. The largest absolute Gasteiger partial charge is 0.416 e. The van der Waals surface area contributed by atoms with Crippen molar-refractivity contribution in [3.05, 3.63) is 87.6 Å². The Balaban J connectivity index is 1.63. The quantitative estimate of drug-likeness (QED) is 0.301. The van der Waals surface area contributed by atoms with Crippen molar-refractivity contribution in [1.82, 2.24) is 25.1 Å². The Morgan fingerprint density at radius 3 is 2.60 bits per heavy atom. The van der Waals surface area contributed by atoms with Crippen LogP contribution in [0.3, 0.4) is 0 Å². The smallest absolute Gasteiger partial charge is 0.349 e. The molecular formula is C24H22F3N5OS2. The van der Waals surface area contributed by atoms with Crippen LogP contribution in [0.1, 0.15) is 46.3 Å². The van der Waals surface area contributed by atoms with Crippen molar-refractivity contribution >= 4 is 29.0 Å². The van der Waals surface area contributed by atoms with Gasteiger partial charge in [0.25, 0.3) is 5.91 Å². The molecule has 0 fully saturated rings. The van der Waals surface area contributed by atoms with Gasteiger partial charge in [-0.3, -0.25) is 9.36 Å². The fourth-order valence-corrected chi connectivity index (χ4v) is 5.07. The predicted molar refractivity (Wildman–Crippen MR) is 130 cm³/mol. The number of carbonyl (C=O) groups excluding carboxylic acids is 1. The number of aromatic nitrogens is 4. The number of halogens is 3. The number of carbonyl (C=O) groups is 1. The van der Waals surface area contributed by atoms with Gasteiger partial charge in [-0.05, 0) is 37.6 Å². The molecule has 0 saturated carbocycles. The van der Waals surface area contributed by atoms with Gasteiger partial charge in [0.05, 0.1) is 17.0 Å². The summed E-state index contributed by atoms with van der Waals surface area (Å²) in [6, 6.07) is 14.7. The minimum Gasteiger partial charge on any atom is -0.349 e. The first-order valence-electron chi connectivity index (χ1n) is 10.7. The summed E-state index contributed by atoms with van der Waals surface area (Å²) in [5.41, 5.74) is 0.884. The molecule has 0 aliphatic carbocycles. The lowest BCUT2D eigenvalue weighted by atomic mass is 10.1. The summed E-state index contributed by atoms with van der Waals surface area (Å²) >= 11 is 2.65. The van der Waals surface area contributed by atoms with Crippen molar-refractivity contribution in [3.63, 3.8) is 0 Å². The number of benzene rings is 2. The maximum Gasteiger partial charge on any atom is 0.416 e. The number of nitrogens with one attached hydrogen (secondary N) is 1. The molecule has 2 heterocycles. The molecule has 0 radical (unpaired) electrons. The molecule has 6 nitrogen and oxygen atoms in total. The van der Waals surface area contributed by atoms with Crippen LogP contribution in [0.25, 0.3) is 5.69 Å². The van der Waals surface area contributed by atoms with Crippen LogP contribution in [0, 0.1) is 0 Å². The summed E-state index contributed by atoms with van der Waals surface area (Å²) in [5, 5.41) is 14.2. The summed E-state index contributed by atoms with van der Waals surface area (Å²) in [6.45, 7) is 3.74. The summed E-state index contributed by atoms with van der Waals surface area (Å²) in [6.07, 6.45) is -4.06. The van der Waals surface area contributed by atoms with Gasteiger partial charge in [0.2, 0.25) is 0 Å². The van der Waals surface area contributed by atoms with Crippen LogP contribution in [-0.2, 0) is 18.3 Å². The molecule has 0 unspecified atom stereocenters. The lowest BCUT2D eigenvalue weighted by Gasteiger charge is -2.13. The molecule has 4 aromatic rings. The molecule has 0 spiro atoms. The van der Waals surface area contributed by atoms with E-state index in [9.17, 15) is 18.0 Å². The molecule has 11 heteroatoms. The molecule has 182 valence electrons. The molecule has 0 atom stereocenters. The van der Waals surface area contributed by atoms with Crippen LogP contribution in [0.15, 0.2) is 65.1 Å². The van der Waals surface area contributed by atoms with Gasteiger partial charge in [-0.2, -0.15) is 13.2 Å². The van der Waals surface area contributed by atoms with Gasteiger partial charge in [0.15, 0.2) is 5.16 Å². The van der Waals surface area contributed by atoms with Crippen LogP contribution in [0.5, 0.6) is 0 Å². The van der Waals surface area contributed by atoms with Crippen molar-refractivity contribution in [2.75, 3.05) is 0 Å². The topological polar surface area (TPSA) is 72.7 Å². The van der Waals surface area contributed by atoms with Crippen LogP contribution in [0.2, 0.25) is 0 Å². The zero-order chi connectivity index (χ0) is 25.0. The van der Waals surface area contributed by atoms with Crippen molar-refractivity contribution < 1.29 is 18.0 Å². The highest BCUT2D eigenvalue weighted by atomic mass is 32.2. The van der Waals surface area contributed by atoms with Crippen LogP contribution < -0.4 is 5.32 Å². The minimum atomic E-state index is -4.47. The Morgan fingerprint density at radius 1 is 1.11 bits per heavy atom. The second-order valence-corrected chi connectivity index (χ2v) is 9.87. The first-order valence-corrected chi connectivity index (χ1v) is 12.6. The van der Waals surface area contributed by atoms with Gasteiger partial charge in [-0.15, -0.1) is 21.5 Å². The van der Waals surface area contributed by atoms with Crippen molar-refractivity contribution in [3.8, 4) is 5.69 Å². The van der Waals surface area contributed by atoms with Crippen molar-refractivity contribution in [1.29, 1.82) is 0 Å². The number of rotatable bonds is 8. The molecule has 2 aromatic carbocycles. The highest BCUT2D eigenvalue weighted by molar-refractivity contribution is 7.98. The van der Waals surface area contributed by atoms with E-state index in [2.05, 4.69) is 20.5 Å². The van der Waals surface area contributed by atoms with E-state index in [0.29, 0.717) is 39.5 Å². The third kappa shape index (κ3) is 6.29. The van der Waals surface area contributed by atoms with E-state index in [-0.39, 0.29) is 11.9 Å². The number of alkyl halides is 3. The highest BCUT2D eigenvalue weighted by Crippen LogP contribution is 2.32. The van der Waals surface area contributed by atoms with Crippen molar-refractivity contribution in [2.45, 2.75) is 43.4 Å². The van der Waals surface area contributed by atoms with Gasteiger partial charge >= 0.3 is 6.18 Å². The zero-order valence-electron chi connectivity index (χ0n) is 18.9. The van der Waals surface area contributed by atoms with E-state index in [0.717, 1.165) is 17.7 Å². The van der Waals surface area contributed by atoms with Crippen molar-refractivity contribution in [2.24, 2.45) is 0 Å². The molecule has 1 N–H and O–H groups in total. The second-order valence-electron chi connectivity index (χ2n) is 7.99. The minimum absolute atomic E-state index is 0.00364. The summed E-state index contributed by atoms with van der Waals surface area (Å²) in [4.78, 5) is 16.6. The van der Waals surface area contributed by atoms with Gasteiger partial charge in [-0.1, -0.05) is 48.2 Å². The first kappa shape index (κ1) is 24.9. The summed E-state index contributed by atoms with van der Waals surface area (Å²) in [7, 11) is 0. The summed E-state index contributed by atoms with van der Waals surface area (Å²) < 4.78 is 41.8. The van der Waals surface area contributed by atoms with E-state index < -0.39 is 11.7 Å². The molecule has 35 heavy (non-hydrogen) atoms. The monoisotopic (exact) mass is 517 g/mol. The number of thiazole rings is 1. The fraction of sp³-hybridized carbons (Fsp3) is 0.250. The average Bonchev–Trinajstić information content (AvgIpc) is 3.45. The lowest BCUT2D eigenvalue weighted by molar-refractivity contribution is -0.137. The van der Waals surface area contributed by atoms with Gasteiger partial charge in [-0.25, -0.2) is 4.98 Å². The number of amides is 1. The third-order valence-corrected chi connectivity index (χ3v) is 6.84. The molecule has 4 rings (SSSR count). The maximum absolute atomic E-state index is 13.4. The maximum atomic E-state index is 13.4. The normalized spacial score (nSPS) is 11.7.